The van der Waals surface area contributed by atoms with Crippen molar-refractivity contribution in [2.24, 2.45) is 5.10 Å². The Morgan fingerprint density at radius 2 is 1.75 bits per heavy atom. The highest BCUT2D eigenvalue weighted by atomic mass is 35.5. The minimum absolute atomic E-state index is 0.0934. The minimum atomic E-state index is -0.0934. The van der Waals surface area contributed by atoms with Crippen LogP contribution in [0.5, 0.6) is 5.75 Å². The summed E-state index contributed by atoms with van der Waals surface area (Å²) in [7, 11) is 0. The lowest BCUT2D eigenvalue weighted by Crippen LogP contribution is -2.22. The lowest BCUT2D eigenvalue weighted by atomic mass is 10.00. The molecule has 0 saturated carbocycles. The molecule has 0 aliphatic carbocycles. The molecule has 6 rings (SSSR count). The van der Waals surface area contributed by atoms with E-state index in [0.29, 0.717) is 17.6 Å². The molecule has 3 heterocycles. The van der Waals surface area contributed by atoms with Crippen molar-refractivity contribution in [3.63, 3.8) is 0 Å². The Kier molecular flexibility index (Phi) is 6.13. The molecular weight excluding hydrogens is 488 g/mol. The zero-order chi connectivity index (χ0) is 24.5. The molecule has 0 amide bonds. The van der Waals surface area contributed by atoms with Gasteiger partial charge in [0.2, 0.25) is 5.95 Å². The average Bonchev–Trinajstić information content (AvgIpc) is 3.60. The zero-order valence-electron chi connectivity index (χ0n) is 19.6. The summed E-state index contributed by atoms with van der Waals surface area (Å²) >= 11 is 7.87. The van der Waals surface area contributed by atoms with Gasteiger partial charge in [-0.25, -0.2) is 15.0 Å². The van der Waals surface area contributed by atoms with Crippen molar-refractivity contribution in [1.29, 1.82) is 0 Å². The number of fused-ring (bicyclic) bond motifs is 1. The second-order valence-electron chi connectivity index (χ2n) is 8.46. The summed E-state index contributed by atoms with van der Waals surface area (Å²) in [6.07, 6.45) is 0.733. The van der Waals surface area contributed by atoms with Gasteiger partial charge in [0, 0.05) is 28.0 Å². The highest BCUT2D eigenvalue weighted by molar-refractivity contribution is 7.12. The van der Waals surface area contributed by atoms with Crippen molar-refractivity contribution < 1.29 is 4.74 Å². The van der Waals surface area contributed by atoms with Gasteiger partial charge in [-0.1, -0.05) is 66.2 Å². The molecule has 0 fully saturated rings. The van der Waals surface area contributed by atoms with Crippen LogP contribution in [0.2, 0.25) is 5.02 Å². The molecule has 0 saturated heterocycles. The van der Waals surface area contributed by atoms with Gasteiger partial charge < -0.3 is 4.74 Å². The molecule has 1 atom stereocenters. The van der Waals surface area contributed by atoms with Gasteiger partial charge in [0.25, 0.3) is 0 Å². The molecule has 0 unspecified atom stereocenters. The fourth-order valence-corrected chi connectivity index (χ4v) is 5.41. The first-order valence-electron chi connectivity index (χ1n) is 11.9. The van der Waals surface area contributed by atoms with E-state index in [0.717, 1.165) is 50.5 Å². The highest BCUT2D eigenvalue weighted by Crippen LogP contribution is 2.41. The molecule has 5 nitrogen and oxygen atoms in total. The standard InChI is InChI=1S/C29H23ClN4OS/c1-2-35-26-11-6-4-9-22(26)25-18-24(27-12-7-17-36-27)33-34(25)29-31-23-10-5-3-8-21(23)28(32-29)19-13-15-20(30)16-14-19/h3-17,25H,2,18H2,1H3/t25-/m1/s1. The van der Waals surface area contributed by atoms with Crippen LogP contribution in [0.25, 0.3) is 22.2 Å². The number of para-hydroxylation sites is 2. The number of thiophene rings is 1. The maximum atomic E-state index is 6.17. The predicted molar refractivity (Wildman–Crippen MR) is 148 cm³/mol. The van der Waals surface area contributed by atoms with Gasteiger partial charge in [0.05, 0.1) is 34.4 Å². The molecule has 2 aromatic heterocycles. The lowest BCUT2D eigenvalue weighted by Gasteiger charge is -2.24. The van der Waals surface area contributed by atoms with Gasteiger partial charge in [-0.15, -0.1) is 11.3 Å². The Morgan fingerprint density at radius 1 is 0.944 bits per heavy atom. The highest BCUT2D eigenvalue weighted by Gasteiger charge is 2.34. The molecule has 178 valence electrons. The summed E-state index contributed by atoms with van der Waals surface area (Å²) in [5.74, 6) is 1.41. The van der Waals surface area contributed by atoms with E-state index in [2.05, 4.69) is 29.6 Å². The van der Waals surface area contributed by atoms with Crippen molar-refractivity contribution in [3.05, 3.63) is 106 Å². The number of ether oxygens (including phenoxy) is 1. The molecule has 3 aromatic carbocycles. The largest absolute Gasteiger partial charge is 0.494 e. The van der Waals surface area contributed by atoms with Crippen LogP contribution >= 0.6 is 22.9 Å². The van der Waals surface area contributed by atoms with Gasteiger partial charge in [0.15, 0.2) is 0 Å². The Balaban J connectivity index is 1.53. The third-order valence-corrected chi connectivity index (χ3v) is 7.38. The topological polar surface area (TPSA) is 50.6 Å². The van der Waals surface area contributed by atoms with Crippen molar-refractivity contribution in [3.8, 4) is 17.0 Å². The summed E-state index contributed by atoms with van der Waals surface area (Å²) in [5, 5.41) is 10.8. The van der Waals surface area contributed by atoms with Crippen LogP contribution in [0.3, 0.4) is 0 Å². The maximum Gasteiger partial charge on any atom is 0.247 e. The van der Waals surface area contributed by atoms with E-state index in [1.165, 1.54) is 0 Å². The van der Waals surface area contributed by atoms with E-state index in [1.54, 1.807) is 11.3 Å². The number of hydrogen-bond acceptors (Lipinski definition) is 6. The number of halogens is 1. The van der Waals surface area contributed by atoms with Crippen molar-refractivity contribution >= 4 is 45.5 Å². The molecule has 0 radical (unpaired) electrons. The van der Waals surface area contributed by atoms with E-state index in [4.69, 9.17) is 31.4 Å². The number of hydrogen-bond donors (Lipinski definition) is 0. The third kappa shape index (κ3) is 4.23. The van der Waals surface area contributed by atoms with Crippen LogP contribution in [-0.2, 0) is 0 Å². The summed E-state index contributed by atoms with van der Waals surface area (Å²) in [6.45, 7) is 2.59. The Bertz CT molecular complexity index is 1550. The maximum absolute atomic E-state index is 6.17. The van der Waals surface area contributed by atoms with Crippen LogP contribution in [0.4, 0.5) is 5.95 Å². The number of aromatic nitrogens is 2. The van der Waals surface area contributed by atoms with Crippen LogP contribution < -0.4 is 9.75 Å². The van der Waals surface area contributed by atoms with E-state index in [9.17, 15) is 0 Å². The first kappa shape index (κ1) is 22.7. The second-order valence-corrected chi connectivity index (χ2v) is 9.84. The molecule has 7 heteroatoms. The summed E-state index contributed by atoms with van der Waals surface area (Å²) in [6, 6.07) is 28.1. The third-order valence-electron chi connectivity index (χ3n) is 6.21. The first-order chi connectivity index (χ1) is 17.7. The van der Waals surface area contributed by atoms with Crippen LogP contribution in [0, 0.1) is 0 Å². The predicted octanol–water partition coefficient (Wildman–Crippen LogP) is 7.77. The fourth-order valence-electron chi connectivity index (χ4n) is 4.57. The summed E-state index contributed by atoms with van der Waals surface area (Å²) in [4.78, 5) is 11.2. The lowest BCUT2D eigenvalue weighted by molar-refractivity contribution is 0.334. The molecule has 1 aliphatic rings. The minimum Gasteiger partial charge on any atom is -0.494 e. The number of rotatable bonds is 6. The average molecular weight is 511 g/mol. The number of anilines is 1. The molecule has 5 aromatic rings. The van der Waals surface area contributed by atoms with E-state index in [1.807, 2.05) is 72.6 Å². The monoisotopic (exact) mass is 510 g/mol. The molecule has 36 heavy (non-hydrogen) atoms. The smallest absolute Gasteiger partial charge is 0.247 e. The van der Waals surface area contributed by atoms with Gasteiger partial charge in [-0.2, -0.15) is 5.10 Å². The number of hydrazone groups is 1. The molecule has 0 spiro atoms. The molecule has 0 bridgehead atoms. The number of benzene rings is 3. The van der Waals surface area contributed by atoms with Crippen molar-refractivity contribution in [2.45, 2.75) is 19.4 Å². The van der Waals surface area contributed by atoms with Gasteiger partial charge in [0.1, 0.15) is 5.75 Å². The van der Waals surface area contributed by atoms with E-state index < -0.39 is 0 Å². The van der Waals surface area contributed by atoms with E-state index >= 15 is 0 Å². The van der Waals surface area contributed by atoms with Crippen molar-refractivity contribution in [1.82, 2.24) is 9.97 Å². The second kappa shape index (κ2) is 9.72. The van der Waals surface area contributed by atoms with Crippen LogP contribution in [0.15, 0.2) is 95.4 Å². The number of nitrogens with zero attached hydrogens (tertiary/aromatic N) is 4. The van der Waals surface area contributed by atoms with Crippen LogP contribution in [0.1, 0.15) is 29.8 Å². The fraction of sp³-hybridized carbons (Fsp3) is 0.138. The quantitative estimate of drug-likeness (QED) is 0.234. The Hall–Kier alpha value is -3.74. The van der Waals surface area contributed by atoms with Crippen LogP contribution in [-0.4, -0.2) is 22.3 Å². The summed E-state index contributed by atoms with van der Waals surface area (Å²) < 4.78 is 6.01. The van der Waals surface area contributed by atoms with Gasteiger partial charge in [-0.05, 0) is 42.6 Å². The Labute approximate surface area is 218 Å². The zero-order valence-corrected chi connectivity index (χ0v) is 21.2. The normalized spacial score (nSPS) is 15.3. The van der Waals surface area contributed by atoms with E-state index in [-0.39, 0.29) is 6.04 Å². The molecule has 1 aliphatic heterocycles. The molecule has 0 N–H and O–H groups in total. The summed E-state index contributed by atoms with van der Waals surface area (Å²) in [5.41, 5.74) is 4.78. The molecular formula is C29H23ClN4OS. The van der Waals surface area contributed by atoms with Gasteiger partial charge in [-0.3, -0.25) is 0 Å². The Morgan fingerprint density at radius 3 is 2.56 bits per heavy atom. The first-order valence-corrected chi connectivity index (χ1v) is 13.1. The van der Waals surface area contributed by atoms with Crippen molar-refractivity contribution in [2.75, 3.05) is 11.6 Å². The SMILES string of the molecule is CCOc1ccccc1[C@H]1CC(c2cccs2)=NN1c1nc(-c2ccc(Cl)cc2)c2ccccc2n1. The van der Waals surface area contributed by atoms with Gasteiger partial charge >= 0.3 is 0 Å².